The second-order valence-corrected chi connectivity index (χ2v) is 5.60. The molecular weight excluding hydrogens is 304 g/mol. The van der Waals surface area contributed by atoms with Gasteiger partial charge in [-0.1, -0.05) is 12.1 Å². The minimum atomic E-state index is 0.220. The zero-order valence-corrected chi connectivity index (χ0v) is 13.1. The summed E-state index contributed by atoms with van der Waals surface area (Å²) >= 11 is 0. The number of aromatic nitrogens is 3. The van der Waals surface area contributed by atoms with E-state index in [1.165, 1.54) is 0 Å². The van der Waals surface area contributed by atoms with E-state index in [1.807, 2.05) is 36.5 Å². The fourth-order valence-corrected chi connectivity index (χ4v) is 2.89. The zero-order chi connectivity index (χ0) is 16.4. The first-order chi connectivity index (χ1) is 11.8. The van der Waals surface area contributed by atoms with Crippen LogP contribution in [0, 0.1) is 5.41 Å². The lowest BCUT2D eigenvalue weighted by Crippen LogP contribution is -2.41. The van der Waals surface area contributed by atoms with Gasteiger partial charge in [-0.25, -0.2) is 4.99 Å². The van der Waals surface area contributed by atoms with Crippen molar-refractivity contribution in [3.63, 3.8) is 0 Å². The molecule has 0 amide bonds. The van der Waals surface area contributed by atoms with Gasteiger partial charge in [-0.2, -0.15) is 5.10 Å². The van der Waals surface area contributed by atoms with Crippen molar-refractivity contribution < 1.29 is 4.74 Å². The van der Waals surface area contributed by atoms with E-state index in [0.29, 0.717) is 13.2 Å². The van der Waals surface area contributed by atoms with Crippen LogP contribution in [-0.2, 0) is 4.74 Å². The third-order valence-corrected chi connectivity index (χ3v) is 4.11. The maximum absolute atomic E-state index is 8.50. The number of aliphatic imine (C=N–C) groups is 1. The molecule has 0 spiro atoms. The van der Waals surface area contributed by atoms with E-state index >= 15 is 0 Å². The van der Waals surface area contributed by atoms with Gasteiger partial charge in [-0.15, -0.1) is 0 Å². The Bertz CT molecular complexity index is 874. The second kappa shape index (κ2) is 6.29. The molecule has 1 aromatic carbocycles. The fourth-order valence-electron chi connectivity index (χ4n) is 2.89. The summed E-state index contributed by atoms with van der Waals surface area (Å²) in [5, 5.41) is 16.4. The van der Waals surface area contributed by atoms with Crippen molar-refractivity contribution in [1.82, 2.24) is 20.1 Å². The maximum atomic E-state index is 8.50. The van der Waals surface area contributed by atoms with Crippen LogP contribution in [0.1, 0.15) is 11.3 Å². The van der Waals surface area contributed by atoms with Gasteiger partial charge in [0.2, 0.25) is 0 Å². The molecule has 2 aromatic heterocycles. The number of nitrogens with one attached hydrogen (secondary N) is 3. The van der Waals surface area contributed by atoms with E-state index in [4.69, 9.17) is 10.1 Å². The minimum Gasteiger partial charge on any atom is -0.378 e. The van der Waals surface area contributed by atoms with Crippen molar-refractivity contribution in [3.8, 4) is 0 Å². The number of nitrogens with zero attached hydrogens (tertiary/aromatic N) is 3. The van der Waals surface area contributed by atoms with Crippen molar-refractivity contribution >= 4 is 22.6 Å². The highest BCUT2D eigenvalue weighted by molar-refractivity contribution is 6.14. The van der Waals surface area contributed by atoms with Crippen LogP contribution in [0.15, 0.2) is 47.7 Å². The Morgan fingerprint density at radius 2 is 2.08 bits per heavy atom. The fraction of sp³-hybridized carbons (Fsp3) is 0.235. The van der Waals surface area contributed by atoms with Gasteiger partial charge in [-0.3, -0.25) is 10.5 Å². The molecular formula is C17H18N6O. The molecule has 3 aromatic rings. The number of ether oxygens (including phenoxy) is 1. The molecule has 0 aliphatic carbocycles. The number of benzene rings is 1. The molecule has 3 heterocycles. The number of fused-ring (bicyclic) bond motifs is 1. The first kappa shape index (κ1) is 14.6. The van der Waals surface area contributed by atoms with E-state index in [1.54, 1.807) is 6.20 Å². The van der Waals surface area contributed by atoms with E-state index in [9.17, 15) is 0 Å². The zero-order valence-electron chi connectivity index (χ0n) is 13.1. The third-order valence-electron chi connectivity index (χ3n) is 4.11. The highest BCUT2D eigenvalue weighted by Gasteiger charge is 2.19. The number of morpholine rings is 1. The molecule has 3 N–H and O–H groups in total. The lowest BCUT2D eigenvalue weighted by Gasteiger charge is -2.29. The first-order valence-electron chi connectivity index (χ1n) is 7.89. The van der Waals surface area contributed by atoms with Gasteiger partial charge in [0.1, 0.15) is 0 Å². The Morgan fingerprint density at radius 1 is 1.21 bits per heavy atom. The van der Waals surface area contributed by atoms with Crippen LogP contribution < -0.4 is 0 Å². The highest BCUT2D eigenvalue weighted by atomic mass is 16.5. The molecule has 0 atom stereocenters. The van der Waals surface area contributed by atoms with E-state index in [-0.39, 0.29) is 5.84 Å². The molecule has 7 nitrogen and oxygen atoms in total. The molecule has 1 fully saturated rings. The SMILES string of the molecule is N=C(/N=C(\c1ccc[nH]1)N1CCOCC1)c1cccc2[nH]ncc12. The quantitative estimate of drug-likeness (QED) is 0.497. The van der Waals surface area contributed by atoms with E-state index in [0.717, 1.165) is 41.1 Å². The van der Waals surface area contributed by atoms with Crippen LogP contribution in [-0.4, -0.2) is 58.1 Å². The summed E-state index contributed by atoms with van der Waals surface area (Å²) in [4.78, 5) is 9.99. The van der Waals surface area contributed by atoms with Gasteiger partial charge in [0.05, 0.1) is 30.6 Å². The van der Waals surface area contributed by atoms with Crippen molar-refractivity contribution in [2.24, 2.45) is 4.99 Å². The molecule has 0 saturated carbocycles. The smallest absolute Gasteiger partial charge is 0.155 e. The monoisotopic (exact) mass is 322 g/mol. The van der Waals surface area contributed by atoms with Crippen molar-refractivity contribution in [3.05, 3.63) is 54.0 Å². The summed E-state index contributed by atoms with van der Waals surface area (Å²) in [6.07, 6.45) is 3.60. The van der Waals surface area contributed by atoms with E-state index in [2.05, 4.69) is 25.1 Å². The van der Waals surface area contributed by atoms with Crippen molar-refractivity contribution in [2.75, 3.05) is 26.3 Å². The van der Waals surface area contributed by atoms with Crippen LogP contribution >= 0.6 is 0 Å². The summed E-state index contributed by atoms with van der Waals surface area (Å²) in [6, 6.07) is 9.65. The first-order valence-corrected chi connectivity index (χ1v) is 7.89. The van der Waals surface area contributed by atoms with Crippen molar-refractivity contribution in [2.45, 2.75) is 0 Å². The molecule has 0 unspecified atom stereocenters. The second-order valence-electron chi connectivity index (χ2n) is 5.60. The Kier molecular flexibility index (Phi) is 3.84. The predicted octanol–water partition coefficient (Wildman–Crippen LogP) is 2.00. The largest absolute Gasteiger partial charge is 0.378 e. The van der Waals surface area contributed by atoms with Gasteiger partial charge in [0.15, 0.2) is 11.7 Å². The van der Waals surface area contributed by atoms with Crippen molar-refractivity contribution in [1.29, 1.82) is 5.41 Å². The molecule has 122 valence electrons. The summed E-state index contributed by atoms with van der Waals surface area (Å²) in [7, 11) is 0. The molecule has 0 radical (unpaired) electrons. The molecule has 4 rings (SSSR count). The van der Waals surface area contributed by atoms with Gasteiger partial charge < -0.3 is 14.6 Å². The van der Waals surface area contributed by atoms with Crippen LogP contribution in [0.5, 0.6) is 0 Å². The number of hydrogen-bond donors (Lipinski definition) is 3. The third kappa shape index (κ3) is 2.69. The molecule has 24 heavy (non-hydrogen) atoms. The Morgan fingerprint density at radius 3 is 2.88 bits per heavy atom. The van der Waals surface area contributed by atoms with Crippen LogP contribution in [0.2, 0.25) is 0 Å². The van der Waals surface area contributed by atoms with E-state index < -0.39 is 0 Å². The van der Waals surface area contributed by atoms with Crippen LogP contribution in [0.4, 0.5) is 0 Å². The molecule has 0 bridgehead atoms. The average Bonchev–Trinajstić information content (AvgIpc) is 3.31. The molecule has 1 saturated heterocycles. The lowest BCUT2D eigenvalue weighted by atomic mass is 10.1. The maximum Gasteiger partial charge on any atom is 0.155 e. The summed E-state index contributed by atoms with van der Waals surface area (Å²) < 4.78 is 5.43. The van der Waals surface area contributed by atoms with Gasteiger partial charge in [0, 0.05) is 30.2 Å². The number of aromatic amines is 2. The lowest BCUT2D eigenvalue weighted by molar-refractivity contribution is 0.0682. The molecule has 1 aliphatic heterocycles. The normalized spacial score (nSPS) is 15.8. The average molecular weight is 322 g/mol. The minimum absolute atomic E-state index is 0.220. The number of H-pyrrole nitrogens is 2. The Hall–Kier alpha value is -2.93. The van der Waals surface area contributed by atoms with Crippen LogP contribution in [0.3, 0.4) is 0 Å². The van der Waals surface area contributed by atoms with Gasteiger partial charge >= 0.3 is 0 Å². The summed E-state index contributed by atoms with van der Waals surface area (Å²) in [5.41, 5.74) is 2.57. The molecule has 7 heteroatoms. The number of hydrogen-bond acceptors (Lipinski definition) is 3. The Labute approximate surface area is 138 Å². The molecule has 1 aliphatic rings. The van der Waals surface area contributed by atoms with Crippen LogP contribution in [0.25, 0.3) is 10.9 Å². The highest BCUT2D eigenvalue weighted by Crippen LogP contribution is 2.18. The Balaban J connectivity index is 1.74. The van der Waals surface area contributed by atoms with Gasteiger partial charge in [-0.05, 0) is 18.2 Å². The predicted molar refractivity (Wildman–Crippen MR) is 92.6 cm³/mol. The number of amidine groups is 2. The standard InChI is InChI=1S/C17H18N6O/c18-16(12-3-1-4-14-13(12)11-20-22-14)21-17(15-5-2-6-19-15)23-7-9-24-10-8-23/h1-6,11,18-19H,7-10H2,(H,20,22)/b18-16?,21-17+. The van der Waals surface area contributed by atoms with Gasteiger partial charge in [0.25, 0.3) is 0 Å². The number of rotatable bonds is 2. The summed E-state index contributed by atoms with van der Waals surface area (Å²) in [5.74, 6) is 0.992. The summed E-state index contributed by atoms with van der Waals surface area (Å²) in [6.45, 7) is 2.87. The topological polar surface area (TPSA) is 93.1 Å².